The van der Waals surface area contributed by atoms with Crippen molar-refractivity contribution in [3.63, 3.8) is 0 Å². The van der Waals surface area contributed by atoms with Crippen LogP contribution in [0.25, 0.3) is 22.5 Å². The van der Waals surface area contributed by atoms with Crippen LogP contribution in [0, 0.1) is 0 Å². The van der Waals surface area contributed by atoms with E-state index in [9.17, 15) is 0 Å². The molecule has 0 saturated heterocycles. The predicted molar refractivity (Wildman–Crippen MR) is 87.3 cm³/mol. The van der Waals surface area contributed by atoms with Crippen molar-refractivity contribution in [2.24, 2.45) is 0 Å². The smallest absolute Gasteiger partial charge is 0.153 e. The predicted octanol–water partition coefficient (Wildman–Crippen LogP) is 3.75. The molecule has 0 unspecified atom stereocenters. The molecule has 4 rings (SSSR count). The molecule has 0 atom stereocenters. The summed E-state index contributed by atoms with van der Waals surface area (Å²) in [5.41, 5.74) is 2.89. The molecule has 0 amide bonds. The SMILES string of the molecule is COc1ccc(Cn2ccc3c(-c4ccco4)ncnc32)cc1. The summed E-state index contributed by atoms with van der Waals surface area (Å²) in [6, 6.07) is 13.8. The minimum absolute atomic E-state index is 0.738. The number of fused-ring (bicyclic) bond motifs is 1. The lowest BCUT2D eigenvalue weighted by Gasteiger charge is -2.06. The van der Waals surface area contributed by atoms with Gasteiger partial charge in [0.05, 0.1) is 13.4 Å². The first-order valence-corrected chi connectivity index (χ1v) is 7.32. The minimum atomic E-state index is 0.738. The Morgan fingerprint density at radius 1 is 1.09 bits per heavy atom. The fraction of sp³-hybridized carbons (Fsp3) is 0.111. The van der Waals surface area contributed by atoms with E-state index in [-0.39, 0.29) is 0 Å². The summed E-state index contributed by atoms with van der Waals surface area (Å²) in [5.74, 6) is 1.60. The Bertz CT molecular complexity index is 925. The van der Waals surface area contributed by atoms with E-state index in [1.165, 1.54) is 5.56 Å². The van der Waals surface area contributed by atoms with Crippen molar-refractivity contribution >= 4 is 11.0 Å². The van der Waals surface area contributed by atoms with Gasteiger partial charge in [-0.3, -0.25) is 0 Å². The molecule has 4 aromatic rings. The monoisotopic (exact) mass is 305 g/mol. The summed E-state index contributed by atoms with van der Waals surface area (Å²) in [7, 11) is 1.67. The first-order valence-electron chi connectivity index (χ1n) is 7.32. The average Bonchev–Trinajstić information content (AvgIpc) is 3.26. The van der Waals surface area contributed by atoms with Gasteiger partial charge in [0.1, 0.15) is 23.4 Å². The van der Waals surface area contributed by atoms with Crippen LogP contribution >= 0.6 is 0 Å². The van der Waals surface area contributed by atoms with Gasteiger partial charge in [0.25, 0.3) is 0 Å². The third-order valence-corrected chi connectivity index (χ3v) is 3.82. The number of nitrogens with zero attached hydrogens (tertiary/aromatic N) is 3. The molecule has 0 N–H and O–H groups in total. The van der Waals surface area contributed by atoms with Gasteiger partial charge >= 0.3 is 0 Å². The van der Waals surface area contributed by atoms with Gasteiger partial charge in [0, 0.05) is 18.1 Å². The van der Waals surface area contributed by atoms with Gasteiger partial charge in [-0.15, -0.1) is 0 Å². The van der Waals surface area contributed by atoms with E-state index in [2.05, 4.69) is 26.7 Å². The standard InChI is InChI=1S/C18H15N3O2/c1-22-14-6-4-13(5-7-14)11-21-9-8-15-17(16-3-2-10-23-16)19-12-20-18(15)21/h2-10,12H,11H2,1H3. The number of aromatic nitrogens is 3. The summed E-state index contributed by atoms with van der Waals surface area (Å²) >= 11 is 0. The Morgan fingerprint density at radius 3 is 2.70 bits per heavy atom. The molecule has 0 aliphatic carbocycles. The molecule has 0 saturated carbocycles. The summed E-state index contributed by atoms with van der Waals surface area (Å²) in [6.45, 7) is 0.738. The van der Waals surface area contributed by atoms with Gasteiger partial charge < -0.3 is 13.7 Å². The van der Waals surface area contributed by atoms with Crippen LogP contribution in [0.3, 0.4) is 0 Å². The van der Waals surface area contributed by atoms with Gasteiger partial charge in [-0.05, 0) is 35.9 Å². The van der Waals surface area contributed by atoms with Crippen molar-refractivity contribution in [1.29, 1.82) is 0 Å². The molecule has 3 aromatic heterocycles. The molecule has 1 aromatic carbocycles. The van der Waals surface area contributed by atoms with Crippen LogP contribution in [0.2, 0.25) is 0 Å². The molecule has 114 valence electrons. The van der Waals surface area contributed by atoms with Crippen LogP contribution in [-0.4, -0.2) is 21.6 Å². The molecule has 23 heavy (non-hydrogen) atoms. The first-order chi connectivity index (χ1) is 11.3. The lowest BCUT2D eigenvalue weighted by Crippen LogP contribution is -1.99. The summed E-state index contributed by atoms with van der Waals surface area (Å²) in [5, 5.41) is 0.982. The largest absolute Gasteiger partial charge is 0.497 e. The molecule has 0 aliphatic rings. The lowest BCUT2D eigenvalue weighted by atomic mass is 10.2. The number of hydrogen-bond acceptors (Lipinski definition) is 4. The number of methoxy groups -OCH3 is 1. The van der Waals surface area contributed by atoms with Crippen LogP contribution < -0.4 is 4.74 Å². The zero-order valence-corrected chi connectivity index (χ0v) is 12.6. The van der Waals surface area contributed by atoms with Crippen LogP contribution in [0.15, 0.2) is 65.7 Å². The number of ether oxygens (including phenoxy) is 1. The Labute approximate surface area is 133 Å². The first kappa shape index (κ1) is 13.6. The highest BCUT2D eigenvalue weighted by Crippen LogP contribution is 2.26. The fourth-order valence-electron chi connectivity index (χ4n) is 2.67. The number of rotatable bonds is 4. The second-order valence-corrected chi connectivity index (χ2v) is 5.23. The number of hydrogen-bond donors (Lipinski definition) is 0. The Hall–Kier alpha value is -3.08. The highest BCUT2D eigenvalue weighted by molar-refractivity contribution is 5.89. The van der Waals surface area contributed by atoms with Crippen molar-refractivity contribution < 1.29 is 9.15 Å². The maximum absolute atomic E-state index is 5.47. The molecule has 0 spiro atoms. The number of benzene rings is 1. The van der Waals surface area contributed by atoms with Gasteiger partial charge in [0.15, 0.2) is 5.76 Å². The molecule has 0 radical (unpaired) electrons. The zero-order chi connectivity index (χ0) is 15.6. The fourth-order valence-corrected chi connectivity index (χ4v) is 2.67. The van der Waals surface area contributed by atoms with Gasteiger partial charge in [0.2, 0.25) is 0 Å². The second kappa shape index (κ2) is 5.61. The van der Waals surface area contributed by atoms with Gasteiger partial charge in [-0.2, -0.15) is 0 Å². The summed E-state index contributed by atoms with van der Waals surface area (Å²) in [4.78, 5) is 8.78. The quantitative estimate of drug-likeness (QED) is 0.576. The van der Waals surface area contributed by atoms with Crippen molar-refractivity contribution in [2.45, 2.75) is 6.54 Å². The molecule has 5 nitrogen and oxygen atoms in total. The topological polar surface area (TPSA) is 53.1 Å². The van der Waals surface area contributed by atoms with E-state index in [1.54, 1.807) is 19.7 Å². The van der Waals surface area contributed by atoms with Crippen molar-refractivity contribution in [3.8, 4) is 17.2 Å². The van der Waals surface area contributed by atoms with Crippen LogP contribution in [0.5, 0.6) is 5.75 Å². The molecule has 0 bridgehead atoms. The van der Waals surface area contributed by atoms with E-state index < -0.39 is 0 Å². The van der Waals surface area contributed by atoms with Gasteiger partial charge in [-0.25, -0.2) is 9.97 Å². The van der Waals surface area contributed by atoms with Crippen molar-refractivity contribution in [3.05, 3.63) is 66.8 Å². The van der Waals surface area contributed by atoms with Crippen LogP contribution in [-0.2, 0) is 6.54 Å². The minimum Gasteiger partial charge on any atom is -0.497 e. The Kier molecular flexibility index (Phi) is 3.31. The third kappa shape index (κ3) is 2.46. The average molecular weight is 305 g/mol. The van der Waals surface area contributed by atoms with E-state index in [1.807, 2.05) is 36.5 Å². The van der Waals surface area contributed by atoms with E-state index in [0.29, 0.717) is 0 Å². The zero-order valence-electron chi connectivity index (χ0n) is 12.6. The van der Waals surface area contributed by atoms with Crippen LogP contribution in [0.1, 0.15) is 5.56 Å². The number of furan rings is 1. The van der Waals surface area contributed by atoms with Crippen molar-refractivity contribution in [1.82, 2.24) is 14.5 Å². The van der Waals surface area contributed by atoms with E-state index >= 15 is 0 Å². The molecule has 0 fully saturated rings. The lowest BCUT2D eigenvalue weighted by molar-refractivity contribution is 0.414. The summed E-state index contributed by atoms with van der Waals surface area (Å²) < 4.78 is 12.8. The Balaban J connectivity index is 1.72. The van der Waals surface area contributed by atoms with E-state index in [4.69, 9.17) is 9.15 Å². The maximum Gasteiger partial charge on any atom is 0.153 e. The highest BCUT2D eigenvalue weighted by Gasteiger charge is 2.12. The molecule has 3 heterocycles. The second-order valence-electron chi connectivity index (χ2n) is 5.23. The molecule has 0 aliphatic heterocycles. The highest BCUT2D eigenvalue weighted by atomic mass is 16.5. The third-order valence-electron chi connectivity index (χ3n) is 3.82. The summed E-state index contributed by atoms with van der Waals surface area (Å²) in [6.07, 6.45) is 5.25. The molecular formula is C18H15N3O2. The maximum atomic E-state index is 5.47. The van der Waals surface area contributed by atoms with Crippen LogP contribution in [0.4, 0.5) is 0 Å². The Morgan fingerprint density at radius 2 is 1.96 bits per heavy atom. The molecule has 5 heteroatoms. The normalized spacial score (nSPS) is 11.0. The van der Waals surface area contributed by atoms with Crippen molar-refractivity contribution in [2.75, 3.05) is 7.11 Å². The van der Waals surface area contributed by atoms with E-state index in [0.717, 1.165) is 34.8 Å². The van der Waals surface area contributed by atoms with Gasteiger partial charge in [-0.1, -0.05) is 12.1 Å². The molecular weight excluding hydrogens is 290 g/mol.